The van der Waals surface area contributed by atoms with Crippen LogP contribution in [0.1, 0.15) is 41.5 Å². The van der Waals surface area contributed by atoms with Gasteiger partial charge in [0, 0.05) is 55.6 Å². The molecule has 6 atom stereocenters. The van der Waals surface area contributed by atoms with Gasteiger partial charge in [-0.1, -0.05) is 0 Å². The van der Waals surface area contributed by atoms with E-state index >= 15 is 0 Å². The SMILES string of the molecule is CC(=O)OC1[C@@H](OC(C)=O)[C@H](N(C)C(C)=O)C(OC(C)=O)[C@H](N(C)C(C)=O)[C@H]1OC(C)=O. The second kappa shape index (κ2) is 10.9. The summed E-state index contributed by atoms with van der Waals surface area (Å²) in [6.45, 7) is 6.89. The van der Waals surface area contributed by atoms with Gasteiger partial charge in [0.15, 0.2) is 18.3 Å². The number of ether oxygens (including phenoxy) is 4. The normalized spacial score (nSPS) is 26.9. The molecular formula is C20H30N2O10. The summed E-state index contributed by atoms with van der Waals surface area (Å²) in [6.07, 6.45) is -5.47. The predicted octanol–water partition coefficient (Wildman–Crippen LogP) is -0.579. The Morgan fingerprint density at radius 1 is 0.469 bits per heavy atom. The van der Waals surface area contributed by atoms with Crippen LogP contribution in [0.5, 0.6) is 0 Å². The lowest BCUT2D eigenvalue weighted by Crippen LogP contribution is -2.74. The Labute approximate surface area is 186 Å². The van der Waals surface area contributed by atoms with Crippen molar-refractivity contribution in [2.75, 3.05) is 14.1 Å². The van der Waals surface area contributed by atoms with Crippen molar-refractivity contribution in [3.63, 3.8) is 0 Å². The van der Waals surface area contributed by atoms with Gasteiger partial charge in [-0.2, -0.15) is 0 Å². The maximum Gasteiger partial charge on any atom is 0.303 e. The van der Waals surface area contributed by atoms with Crippen LogP contribution in [0.4, 0.5) is 0 Å². The molecule has 1 aliphatic carbocycles. The molecule has 1 saturated carbocycles. The number of hydrogen-bond acceptors (Lipinski definition) is 10. The van der Waals surface area contributed by atoms with E-state index in [0.717, 1.165) is 37.5 Å². The van der Waals surface area contributed by atoms with Crippen molar-refractivity contribution < 1.29 is 47.7 Å². The first-order chi connectivity index (χ1) is 14.7. The minimum atomic E-state index is -1.41. The van der Waals surface area contributed by atoms with Gasteiger partial charge in [0.1, 0.15) is 18.2 Å². The van der Waals surface area contributed by atoms with Crippen LogP contribution in [-0.4, -0.2) is 96.1 Å². The van der Waals surface area contributed by atoms with E-state index in [1.54, 1.807) is 0 Å². The first-order valence-corrected chi connectivity index (χ1v) is 9.84. The summed E-state index contributed by atoms with van der Waals surface area (Å²) >= 11 is 0. The summed E-state index contributed by atoms with van der Waals surface area (Å²) in [5.74, 6) is -4.08. The van der Waals surface area contributed by atoms with E-state index in [9.17, 15) is 28.8 Å². The zero-order valence-electron chi connectivity index (χ0n) is 19.4. The van der Waals surface area contributed by atoms with Gasteiger partial charge in [-0.3, -0.25) is 28.8 Å². The van der Waals surface area contributed by atoms with Crippen LogP contribution in [-0.2, 0) is 47.7 Å². The van der Waals surface area contributed by atoms with Gasteiger partial charge < -0.3 is 28.7 Å². The fourth-order valence-electron chi connectivity index (χ4n) is 3.77. The topological polar surface area (TPSA) is 146 Å². The molecule has 0 aliphatic heterocycles. The third kappa shape index (κ3) is 6.41. The largest absolute Gasteiger partial charge is 0.458 e. The smallest absolute Gasteiger partial charge is 0.303 e. The van der Waals surface area contributed by atoms with Crippen molar-refractivity contribution in [3.05, 3.63) is 0 Å². The highest BCUT2D eigenvalue weighted by molar-refractivity contribution is 5.76. The zero-order chi connectivity index (χ0) is 24.9. The summed E-state index contributed by atoms with van der Waals surface area (Å²) < 4.78 is 21.7. The van der Waals surface area contributed by atoms with E-state index in [1.165, 1.54) is 27.9 Å². The molecule has 1 rings (SSSR count). The van der Waals surface area contributed by atoms with E-state index in [1.807, 2.05) is 0 Å². The molecule has 0 aromatic carbocycles. The van der Waals surface area contributed by atoms with Crippen LogP contribution >= 0.6 is 0 Å². The monoisotopic (exact) mass is 458 g/mol. The Hall–Kier alpha value is -3.18. The van der Waals surface area contributed by atoms with Crippen molar-refractivity contribution in [1.82, 2.24) is 9.80 Å². The molecule has 32 heavy (non-hydrogen) atoms. The fraction of sp³-hybridized carbons (Fsp3) is 0.700. The molecule has 0 spiro atoms. The Kier molecular flexibility index (Phi) is 9.16. The van der Waals surface area contributed by atoms with E-state index < -0.39 is 72.2 Å². The molecule has 180 valence electrons. The molecule has 1 fully saturated rings. The number of carbonyl (C=O) groups excluding carboxylic acids is 6. The number of nitrogens with zero attached hydrogens (tertiary/aromatic N) is 2. The lowest BCUT2D eigenvalue weighted by atomic mass is 9.79. The summed E-state index contributed by atoms with van der Waals surface area (Å²) in [5, 5.41) is 0. The summed E-state index contributed by atoms with van der Waals surface area (Å²) in [4.78, 5) is 74.6. The van der Waals surface area contributed by atoms with Gasteiger partial charge in [0.05, 0.1) is 0 Å². The molecule has 0 bridgehead atoms. The first-order valence-electron chi connectivity index (χ1n) is 9.84. The van der Waals surface area contributed by atoms with Gasteiger partial charge in [-0.25, -0.2) is 0 Å². The third-order valence-electron chi connectivity index (χ3n) is 5.09. The molecule has 1 aliphatic rings. The lowest BCUT2D eigenvalue weighted by Gasteiger charge is -2.52. The number of hydrogen-bond donors (Lipinski definition) is 0. The first kappa shape index (κ1) is 26.9. The highest BCUT2D eigenvalue weighted by Crippen LogP contribution is 2.35. The molecule has 2 amide bonds. The Bertz CT molecular complexity index is 734. The zero-order valence-corrected chi connectivity index (χ0v) is 19.4. The Balaban J connectivity index is 3.87. The van der Waals surface area contributed by atoms with E-state index in [0.29, 0.717) is 0 Å². The predicted molar refractivity (Wildman–Crippen MR) is 107 cm³/mol. The van der Waals surface area contributed by atoms with Crippen LogP contribution in [0.25, 0.3) is 0 Å². The number of carbonyl (C=O) groups is 6. The van der Waals surface area contributed by atoms with Crippen LogP contribution < -0.4 is 0 Å². The van der Waals surface area contributed by atoms with E-state index in [4.69, 9.17) is 18.9 Å². The van der Waals surface area contributed by atoms with Crippen molar-refractivity contribution in [1.29, 1.82) is 0 Å². The minimum absolute atomic E-state index is 0.485. The van der Waals surface area contributed by atoms with Gasteiger partial charge >= 0.3 is 23.9 Å². The van der Waals surface area contributed by atoms with Crippen LogP contribution in [0, 0.1) is 0 Å². The van der Waals surface area contributed by atoms with Crippen molar-refractivity contribution in [2.24, 2.45) is 0 Å². The van der Waals surface area contributed by atoms with Crippen molar-refractivity contribution in [2.45, 2.75) is 78.0 Å². The van der Waals surface area contributed by atoms with Crippen LogP contribution in [0.15, 0.2) is 0 Å². The third-order valence-corrected chi connectivity index (χ3v) is 5.09. The quantitative estimate of drug-likeness (QED) is 0.374. The molecule has 2 unspecified atom stereocenters. The Morgan fingerprint density at radius 3 is 0.969 bits per heavy atom. The molecule has 0 heterocycles. The van der Waals surface area contributed by atoms with Gasteiger partial charge in [0.2, 0.25) is 11.8 Å². The van der Waals surface area contributed by atoms with Gasteiger partial charge in [0.25, 0.3) is 0 Å². The average Bonchev–Trinajstić information content (AvgIpc) is 2.62. The highest BCUT2D eigenvalue weighted by Gasteiger charge is 2.60. The minimum Gasteiger partial charge on any atom is -0.458 e. The molecule has 0 aromatic rings. The highest BCUT2D eigenvalue weighted by atomic mass is 16.6. The maximum atomic E-state index is 12.3. The number of amides is 2. The average molecular weight is 458 g/mol. The van der Waals surface area contributed by atoms with Gasteiger partial charge in [-0.15, -0.1) is 0 Å². The van der Waals surface area contributed by atoms with Crippen LogP contribution in [0.3, 0.4) is 0 Å². The van der Waals surface area contributed by atoms with Crippen LogP contribution in [0.2, 0.25) is 0 Å². The second-order valence-electron chi connectivity index (χ2n) is 7.54. The fourth-order valence-corrected chi connectivity index (χ4v) is 3.77. The molecule has 0 aromatic heterocycles. The summed E-state index contributed by atoms with van der Waals surface area (Å²) in [7, 11) is 2.75. The van der Waals surface area contributed by atoms with Crippen molar-refractivity contribution >= 4 is 35.7 Å². The van der Waals surface area contributed by atoms with Gasteiger partial charge in [-0.05, 0) is 0 Å². The number of likely N-dealkylation sites (N-methyl/N-ethyl adjacent to an activating group) is 2. The molecule has 0 saturated heterocycles. The molecule has 0 radical (unpaired) electrons. The second-order valence-corrected chi connectivity index (χ2v) is 7.54. The standard InChI is InChI=1S/C20H30N2O10/c1-9(23)21(7)15-17(29-11(3)25)16(22(8)10(2)24)19(31-13(5)27)20(32-14(6)28)18(15)30-12(4)26/h15-20H,1-8H3/t15-,16+,17?,18+,19-,20?. The molecule has 12 heteroatoms. The van der Waals surface area contributed by atoms with E-state index in [-0.39, 0.29) is 0 Å². The molecule has 12 nitrogen and oxygen atoms in total. The maximum absolute atomic E-state index is 12.3. The molecular weight excluding hydrogens is 428 g/mol. The molecule has 0 N–H and O–H groups in total. The van der Waals surface area contributed by atoms with Crippen molar-refractivity contribution in [3.8, 4) is 0 Å². The number of esters is 4. The summed E-state index contributed by atoms with van der Waals surface area (Å²) in [5.41, 5.74) is 0. The summed E-state index contributed by atoms with van der Waals surface area (Å²) in [6, 6.07) is -2.36. The number of rotatable bonds is 6. The Morgan fingerprint density at radius 2 is 0.719 bits per heavy atom. The lowest BCUT2D eigenvalue weighted by molar-refractivity contribution is -0.229. The van der Waals surface area contributed by atoms with E-state index in [2.05, 4.69) is 0 Å².